The van der Waals surface area contributed by atoms with Crippen molar-refractivity contribution in [1.82, 2.24) is 4.90 Å². The van der Waals surface area contributed by atoms with E-state index in [1.54, 1.807) is 0 Å². The summed E-state index contributed by atoms with van der Waals surface area (Å²) >= 11 is 0. The van der Waals surface area contributed by atoms with Crippen molar-refractivity contribution in [2.75, 3.05) is 26.7 Å². The van der Waals surface area contributed by atoms with Gasteiger partial charge in [-0.2, -0.15) is 0 Å². The molecule has 1 fully saturated rings. The summed E-state index contributed by atoms with van der Waals surface area (Å²) in [7, 11) is 2.25. The van der Waals surface area contributed by atoms with Crippen LogP contribution in [0.2, 0.25) is 0 Å². The van der Waals surface area contributed by atoms with Gasteiger partial charge in [-0.3, -0.25) is 0 Å². The second kappa shape index (κ2) is 8.90. The molecule has 102 valence electrons. The average molecular weight is 242 g/mol. The van der Waals surface area contributed by atoms with Crippen LogP contribution in [0.25, 0.3) is 0 Å². The van der Waals surface area contributed by atoms with Crippen molar-refractivity contribution in [3.8, 4) is 0 Å². The minimum Gasteiger partial charge on any atom is -0.396 e. The van der Waals surface area contributed by atoms with E-state index < -0.39 is 0 Å². The molecule has 0 aromatic carbocycles. The van der Waals surface area contributed by atoms with E-state index in [1.165, 1.54) is 45.1 Å². The van der Waals surface area contributed by atoms with Gasteiger partial charge in [-0.25, -0.2) is 0 Å². The van der Waals surface area contributed by atoms with Crippen LogP contribution in [0.15, 0.2) is 0 Å². The van der Waals surface area contributed by atoms with Gasteiger partial charge in [-0.1, -0.05) is 25.7 Å². The first kappa shape index (κ1) is 14.9. The SMILES string of the molecule is CN(CCCCCCO)C1CCCCC1CN. The van der Waals surface area contributed by atoms with E-state index in [9.17, 15) is 0 Å². The maximum atomic E-state index is 8.72. The molecule has 0 aromatic rings. The number of rotatable bonds is 8. The molecule has 1 aliphatic carbocycles. The summed E-state index contributed by atoms with van der Waals surface area (Å²) < 4.78 is 0. The number of unbranched alkanes of at least 4 members (excludes halogenated alkanes) is 3. The monoisotopic (exact) mass is 242 g/mol. The molecule has 0 saturated heterocycles. The number of aliphatic hydroxyl groups excluding tert-OH is 1. The Morgan fingerprint density at radius 2 is 1.82 bits per heavy atom. The third-order valence-electron chi connectivity index (χ3n) is 4.16. The Hall–Kier alpha value is -0.120. The van der Waals surface area contributed by atoms with Crippen LogP contribution in [0.4, 0.5) is 0 Å². The molecule has 1 rings (SSSR count). The zero-order valence-corrected chi connectivity index (χ0v) is 11.4. The minimum atomic E-state index is 0.341. The molecule has 0 radical (unpaired) electrons. The lowest BCUT2D eigenvalue weighted by molar-refractivity contribution is 0.131. The van der Waals surface area contributed by atoms with Gasteiger partial charge in [0.15, 0.2) is 0 Å². The highest BCUT2D eigenvalue weighted by molar-refractivity contribution is 4.82. The Labute approximate surface area is 106 Å². The lowest BCUT2D eigenvalue weighted by Gasteiger charge is -2.37. The highest BCUT2D eigenvalue weighted by atomic mass is 16.2. The van der Waals surface area contributed by atoms with E-state index in [0.29, 0.717) is 18.6 Å². The van der Waals surface area contributed by atoms with E-state index in [2.05, 4.69) is 11.9 Å². The van der Waals surface area contributed by atoms with Gasteiger partial charge in [0.2, 0.25) is 0 Å². The number of nitrogens with two attached hydrogens (primary N) is 1. The first-order valence-electron chi connectivity index (χ1n) is 7.30. The van der Waals surface area contributed by atoms with Crippen LogP contribution < -0.4 is 5.73 Å². The largest absolute Gasteiger partial charge is 0.396 e. The molecule has 0 amide bonds. The molecule has 0 bridgehead atoms. The van der Waals surface area contributed by atoms with Crippen molar-refractivity contribution in [2.24, 2.45) is 11.7 Å². The highest BCUT2D eigenvalue weighted by Gasteiger charge is 2.26. The quantitative estimate of drug-likeness (QED) is 0.640. The average Bonchev–Trinajstić information content (AvgIpc) is 2.38. The molecule has 3 nitrogen and oxygen atoms in total. The lowest BCUT2D eigenvalue weighted by Crippen LogP contribution is -2.43. The maximum absolute atomic E-state index is 8.72. The van der Waals surface area contributed by atoms with Crippen LogP contribution in [0, 0.1) is 5.92 Å². The molecule has 2 unspecified atom stereocenters. The number of nitrogens with zero attached hydrogens (tertiary/aromatic N) is 1. The number of hydrogen-bond acceptors (Lipinski definition) is 3. The molecule has 0 aliphatic heterocycles. The summed E-state index contributed by atoms with van der Waals surface area (Å²) in [4.78, 5) is 2.52. The van der Waals surface area contributed by atoms with Crippen LogP contribution in [-0.4, -0.2) is 42.8 Å². The molecule has 0 heterocycles. The van der Waals surface area contributed by atoms with Crippen LogP contribution >= 0.6 is 0 Å². The summed E-state index contributed by atoms with van der Waals surface area (Å²) in [6, 6.07) is 0.714. The number of hydrogen-bond donors (Lipinski definition) is 2. The molecule has 3 heteroatoms. The van der Waals surface area contributed by atoms with E-state index in [4.69, 9.17) is 10.8 Å². The molecule has 2 atom stereocenters. The van der Waals surface area contributed by atoms with Gasteiger partial charge >= 0.3 is 0 Å². The van der Waals surface area contributed by atoms with Crippen molar-refractivity contribution in [3.05, 3.63) is 0 Å². The van der Waals surface area contributed by atoms with E-state index in [1.807, 2.05) is 0 Å². The van der Waals surface area contributed by atoms with Crippen LogP contribution in [0.1, 0.15) is 51.4 Å². The van der Waals surface area contributed by atoms with Crippen LogP contribution in [-0.2, 0) is 0 Å². The Bertz CT molecular complexity index is 187. The second-order valence-corrected chi connectivity index (χ2v) is 5.47. The Balaban J connectivity index is 2.18. The highest BCUT2D eigenvalue weighted by Crippen LogP contribution is 2.27. The predicted octanol–water partition coefficient (Wildman–Crippen LogP) is 1.99. The zero-order chi connectivity index (χ0) is 12.5. The van der Waals surface area contributed by atoms with Crippen molar-refractivity contribution >= 4 is 0 Å². The van der Waals surface area contributed by atoms with Gasteiger partial charge in [0.25, 0.3) is 0 Å². The summed E-state index contributed by atoms with van der Waals surface area (Å²) in [6.45, 7) is 2.37. The van der Waals surface area contributed by atoms with Gasteiger partial charge < -0.3 is 15.7 Å². The summed E-state index contributed by atoms with van der Waals surface area (Å²) in [5.41, 5.74) is 5.87. The van der Waals surface area contributed by atoms with Crippen LogP contribution in [0.3, 0.4) is 0 Å². The Morgan fingerprint density at radius 3 is 2.53 bits per heavy atom. The first-order valence-corrected chi connectivity index (χ1v) is 7.30. The third kappa shape index (κ3) is 5.36. The molecule has 3 N–H and O–H groups in total. The molecule has 17 heavy (non-hydrogen) atoms. The Morgan fingerprint density at radius 1 is 1.12 bits per heavy atom. The number of aliphatic hydroxyl groups is 1. The van der Waals surface area contributed by atoms with E-state index in [-0.39, 0.29) is 0 Å². The standard InChI is InChI=1S/C14H30N2O/c1-16(10-6-2-3-7-11-17)14-9-5-4-8-13(14)12-15/h13-14,17H,2-12,15H2,1H3. The van der Waals surface area contributed by atoms with Gasteiger partial charge in [-0.05, 0) is 51.7 Å². The second-order valence-electron chi connectivity index (χ2n) is 5.47. The van der Waals surface area contributed by atoms with Gasteiger partial charge in [0.1, 0.15) is 0 Å². The van der Waals surface area contributed by atoms with Crippen molar-refractivity contribution in [2.45, 2.75) is 57.4 Å². The van der Waals surface area contributed by atoms with Crippen molar-refractivity contribution in [1.29, 1.82) is 0 Å². The smallest absolute Gasteiger partial charge is 0.0431 e. The predicted molar refractivity (Wildman–Crippen MR) is 73.0 cm³/mol. The molecule has 0 spiro atoms. The summed E-state index contributed by atoms with van der Waals surface area (Å²) in [5, 5.41) is 8.72. The van der Waals surface area contributed by atoms with E-state index in [0.717, 1.165) is 19.4 Å². The molecule has 1 saturated carbocycles. The lowest BCUT2D eigenvalue weighted by atomic mass is 9.83. The van der Waals surface area contributed by atoms with E-state index >= 15 is 0 Å². The minimum absolute atomic E-state index is 0.341. The summed E-state index contributed by atoms with van der Waals surface area (Å²) in [6.07, 6.45) is 9.99. The normalized spacial score (nSPS) is 25.4. The third-order valence-corrected chi connectivity index (χ3v) is 4.16. The van der Waals surface area contributed by atoms with Crippen molar-refractivity contribution in [3.63, 3.8) is 0 Å². The Kier molecular flexibility index (Phi) is 7.82. The topological polar surface area (TPSA) is 49.5 Å². The fraction of sp³-hybridized carbons (Fsp3) is 1.00. The first-order chi connectivity index (χ1) is 8.29. The van der Waals surface area contributed by atoms with Crippen LogP contribution in [0.5, 0.6) is 0 Å². The maximum Gasteiger partial charge on any atom is 0.0431 e. The fourth-order valence-electron chi connectivity index (χ4n) is 3.04. The summed E-state index contributed by atoms with van der Waals surface area (Å²) in [5.74, 6) is 0.714. The molecular weight excluding hydrogens is 212 g/mol. The molecule has 0 aromatic heterocycles. The van der Waals surface area contributed by atoms with Crippen molar-refractivity contribution < 1.29 is 5.11 Å². The van der Waals surface area contributed by atoms with Gasteiger partial charge in [-0.15, -0.1) is 0 Å². The zero-order valence-electron chi connectivity index (χ0n) is 11.4. The molecular formula is C14H30N2O. The fourth-order valence-corrected chi connectivity index (χ4v) is 3.04. The van der Waals surface area contributed by atoms with Gasteiger partial charge in [0.05, 0.1) is 0 Å². The van der Waals surface area contributed by atoms with Gasteiger partial charge in [0, 0.05) is 12.6 Å². The molecule has 1 aliphatic rings.